The number of carbonyl (C=O) groups is 1. The molecule has 1 aliphatic heterocycles. The van der Waals surface area contributed by atoms with Crippen molar-refractivity contribution in [3.05, 3.63) is 0 Å². The molecule has 1 unspecified atom stereocenters. The standard InChI is InChI=1S/C14H22BF3NO2.K/c1-12(2,3)21-11(20)19-5-4-10(6-19)13-7-14(8-13,9-13)15(16,17)18;/h10H,4-9H2,1-3H3;/q-1;+1. The van der Waals surface area contributed by atoms with Crippen LogP contribution in [-0.4, -0.2) is 36.7 Å². The Labute approximate surface area is 172 Å². The molecule has 1 amide bonds. The third-order valence-corrected chi connectivity index (χ3v) is 5.51. The van der Waals surface area contributed by atoms with Crippen molar-refractivity contribution in [2.75, 3.05) is 13.1 Å². The number of hydrogen-bond donors (Lipinski definition) is 0. The van der Waals surface area contributed by atoms with Crippen LogP contribution in [0.15, 0.2) is 0 Å². The predicted octanol–water partition coefficient (Wildman–Crippen LogP) is 1.02. The van der Waals surface area contributed by atoms with E-state index in [1.54, 1.807) is 4.90 Å². The number of carbonyl (C=O) groups excluding carboxylic acids is 1. The van der Waals surface area contributed by atoms with E-state index in [1.807, 2.05) is 20.8 Å². The third kappa shape index (κ3) is 3.03. The zero-order chi connectivity index (χ0) is 15.7. The summed E-state index contributed by atoms with van der Waals surface area (Å²) >= 11 is 0. The van der Waals surface area contributed by atoms with Gasteiger partial charge in [-0.25, -0.2) is 4.79 Å². The second-order valence-electron chi connectivity index (χ2n) is 8.24. The molecule has 3 saturated carbocycles. The predicted molar refractivity (Wildman–Crippen MR) is 74.0 cm³/mol. The number of likely N-dealkylation sites (tertiary alicyclic amines) is 1. The molecule has 3 aliphatic carbocycles. The van der Waals surface area contributed by atoms with Crippen LogP contribution in [0, 0.1) is 11.3 Å². The Balaban J connectivity index is 0.00000176. The molecule has 0 spiro atoms. The van der Waals surface area contributed by atoms with Crippen LogP contribution in [-0.2, 0) is 4.74 Å². The Bertz CT molecular complexity index is 458. The first-order chi connectivity index (χ1) is 9.47. The molecule has 0 aromatic carbocycles. The third-order valence-electron chi connectivity index (χ3n) is 5.51. The van der Waals surface area contributed by atoms with Gasteiger partial charge in [-0.05, 0) is 38.5 Å². The summed E-state index contributed by atoms with van der Waals surface area (Å²) < 4.78 is 44.2. The molecule has 0 radical (unpaired) electrons. The van der Waals surface area contributed by atoms with E-state index >= 15 is 0 Å². The van der Waals surface area contributed by atoms with Crippen molar-refractivity contribution in [3.8, 4) is 0 Å². The fraction of sp³-hybridized carbons (Fsp3) is 0.929. The summed E-state index contributed by atoms with van der Waals surface area (Å²) in [5.74, 6) is 0.213. The molecule has 0 aromatic rings. The van der Waals surface area contributed by atoms with E-state index in [2.05, 4.69) is 0 Å². The van der Waals surface area contributed by atoms with Gasteiger partial charge in [0, 0.05) is 13.1 Å². The first kappa shape index (κ1) is 19.1. The van der Waals surface area contributed by atoms with Gasteiger partial charge in [-0.3, -0.25) is 0 Å². The van der Waals surface area contributed by atoms with Gasteiger partial charge in [-0.15, -0.1) is 0 Å². The topological polar surface area (TPSA) is 29.5 Å². The van der Waals surface area contributed by atoms with Crippen LogP contribution in [0.25, 0.3) is 0 Å². The van der Waals surface area contributed by atoms with Crippen LogP contribution in [0.4, 0.5) is 17.7 Å². The molecule has 1 heterocycles. The summed E-state index contributed by atoms with van der Waals surface area (Å²) in [7, 11) is 0. The minimum absolute atomic E-state index is 0. The van der Waals surface area contributed by atoms with Crippen molar-refractivity contribution >= 4 is 13.1 Å². The van der Waals surface area contributed by atoms with Crippen LogP contribution >= 0.6 is 0 Å². The Morgan fingerprint density at radius 1 is 1.23 bits per heavy atom. The second-order valence-corrected chi connectivity index (χ2v) is 8.24. The largest absolute Gasteiger partial charge is 1.00 e. The molecular weight excluding hydrogens is 321 g/mol. The molecular formula is C14H22BF3KNO2. The van der Waals surface area contributed by atoms with Crippen molar-refractivity contribution in [3.63, 3.8) is 0 Å². The normalized spacial score (nSPS) is 37.0. The van der Waals surface area contributed by atoms with Crippen molar-refractivity contribution in [2.45, 2.75) is 57.4 Å². The zero-order valence-corrected chi connectivity index (χ0v) is 16.9. The van der Waals surface area contributed by atoms with E-state index in [4.69, 9.17) is 4.74 Å². The van der Waals surface area contributed by atoms with Crippen molar-refractivity contribution in [2.24, 2.45) is 11.3 Å². The van der Waals surface area contributed by atoms with Crippen LogP contribution < -0.4 is 51.4 Å². The minimum Gasteiger partial charge on any atom is -0.449 e. The van der Waals surface area contributed by atoms with E-state index in [0.29, 0.717) is 13.1 Å². The van der Waals surface area contributed by atoms with Gasteiger partial charge in [0.25, 0.3) is 0 Å². The van der Waals surface area contributed by atoms with Crippen molar-refractivity contribution in [1.29, 1.82) is 0 Å². The quantitative estimate of drug-likeness (QED) is 0.701. The monoisotopic (exact) mass is 343 g/mol. The minimum atomic E-state index is -4.71. The Kier molecular flexibility index (Phi) is 4.90. The molecule has 8 heteroatoms. The summed E-state index contributed by atoms with van der Waals surface area (Å²) in [6.45, 7) is 1.89. The first-order valence-electron chi connectivity index (χ1n) is 7.64. The smallest absolute Gasteiger partial charge is 0.449 e. The number of ether oxygens (including phenoxy) is 1. The van der Waals surface area contributed by atoms with E-state index < -0.39 is 17.9 Å². The summed E-state index contributed by atoms with van der Waals surface area (Å²) in [5.41, 5.74) is -0.678. The Morgan fingerprint density at radius 3 is 2.23 bits per heavy atom. The molecule has 1 atom stereocenters. The maximum atomic E-state index is 12.9. The number of hydrogen-bond acceptors (Lipinski definition) is 2. The van der Waals surface area contributed by atoms with Crippen LogP contribution in [0.1, 0.15) is 46.5 Å². The van der Waals surface area contributed by atoms with Gasteiger partial charge >= 0.3 is 64.5 Å². The van der Waals surface area contributed by atoms with Crippen LogP contribution in [0.2, 0.25) is 5.31 Å². The first-order valence-corrected chi connectivity index (χ1v) is 7.64. The number of amides is 1. The van der Waals surface area contributed by atoms with Gasteiger partial charge in [-0.2, -0.15) is 0 Å². The maximum Gasteiger partial charge on any atom is 1.00 e. The van der Waals surface area contributed by atoms with Crippen molar-refractivity contribution in [1.82, 2.24) is 4.90 Å². The van der Waals surface area contributed by atoms with Gasteiger partial charge in [0.15, 0.2) is 0 Å². The van der Waals surface area contributed by atoms with Crippen LogP contribution in [0.3, 0.4) is 0 Å². The Morgan fingerprint density at radius 2 is 1.77 bits per heavy atom. The molecule has 22 heavy (non-hydrogen) atoms. The summed E-state index contributed by atoms with van der Waals surface area (Å²) in [6.07, 6.45) is 1.33. The summed E-state index contributed by atoms with van der Waals surface area (Å²) in [6, 6.07) is 0. The van der Waals surface area contributed by atoms with Gasteiger partial charge in [0.1, 0.15) is 5.60 Å². The molecule has 2 bridgehead atoms. The van der Waals surface area contributed by atoms with Crippen LogP contribution in [0.5, 0.6) is 0 Å². The molecule has 4 fully saturated rings. The van der Waals surface area contributed by atoms with E-state index in [1.165, 1.54) is 0 Å². The van der Waals surface area contributed by atoms with E-state index in [0.717, 1.165) is 6.42 Å². The van der Waals surface area contributed by atoms with E-state index in [-0.39, 0.29) is 88.1 Å². The second kappa shape index (κ2) is 5.65. The fourth-order valence-corrected chi connectivity index (χ4v) is 4.48. The average molecular weight is 343 g/mol. The number of nitrogens with zero attached hydrogens (tertiary/aromatic N) is 1. The van der Waals surface area contributed by atoms with Gasteiger partial charge in [-0.1, -0.05) is 24.6 Å². The fourth-order valence-electron chi connectivity index (χ4n) is 4.48. The molecule has 120 valence electrons. The maximum absolute atomic E-state index is 12.9. The van der Waals surface area contributed by atoms with Gasteiger partial charge in [0.2, 0.25) is 0 Å². The SMILES string of the molecule is CC(C)(C)OC(=O)N1CCC(C23CC([B-](F)(F)F)(C2)C3)C1.[K+]. The molecule has 0 N–H and O–H groups in total. The molecule has 4 rings (SSSR count). The number of halogens is 3. The van der Waals surface area contributed by atoms with E-state index in [9.17, 15) is 17.7 Å². The average Bonchev–Trinajstić information content (AvgIpc) is 2.56. The molecule has 3 nitrogen and oxygen atoms in total. The Hall–Kier alpha value is 0.761. The van der Waals surface area contributed by atoms with Gasteiger partial charge < -0.3 is 22.6 Å². The van der Waals surface area contributed by atoms with Crippen molar-refractivity contribution < 1.29 is 73.9 Å². The number of rotatable bonds is 2. The molecule has 1 saturated heterocycles. The summed E-state index contributed by atoms with van der Waals surface area (Å²) in [4.78, 5) is 13.7. The molecule has 4 aliphatic rings. The zero-order valence-electron chi connectivity index (χ0n) is 13.8. The van der Waals surface area contributed by atoms with Gasteiger partial charge in [0.05, 0.1) is 0 Å². The molecule has 0 aromatic heterocycles. The summed E-state index contributed by atoms with van der Waals surface area (Å²) in [5, 5.41) is -1.33.